The molecule has 0 spiro atoms. The molecule has 2 rings (SSSR count). The van der Waals surface area contributed by atoms with E-state index in [0.29, 0.717) is 11.8 Å². The average molecular weight is 333 g/mol. The van der Waals surface area contributed by atoms with E-state index in [1.54, 1.807) is 13.8 Å². The number of rotatable bonds is 3. The first kappa shape index (κ1) is 16.4. The van der Waals surface area contributed by atoms with E-state index in [9.17, 15) is 22.4 Å². The monoisotopic (exact) mass is 333 g/mol. The number of thiazole rings is 1. The summed E-state index contributed by atoms with van der Waals surface area (Å²) in [7, 11) is 0. The van der Waals surface area contributed by atoms with Crippen LogP contribution in [0.2, 0.25) is 0 Å². The number of halogens is 4. The molecule has 0 aliphatic heterocycles. The van der Waals surface area contributed by atoms with Crippen molar-refractivity contribution in [1.29, 1.82) is 0 Å². The topological polar surface area (TPSA) is 39.2 Å². The number of benzene rings is 1. The Balaban J connectivity index is 2.45. The summed E-state index contributed by atoms with van der Waals surface area (Å²) in [4.78, 5) is 16.0. The van der Waals surface area contributed by atoms with Gasteiger partial charge in [0.15, 0.2) is 0 Å². The highest BCUT2D eigenvalue weighted by Crippen LogP contribution is 2.36. The van der Waals surface area contributed by atoms with Crippen LogP contribution >= 0.6 is 11.3 Å². The summed E-state index contributed by atoms with van der Waals surface area (Å²) in [6.07, 6.45) is -4.80. The van der Waals surface area contributed by atoms with Crippen LogP contribution in [0.5, 0.6) is 0 Å². The summed E-state index contributed by atoms with van der Waals surface area (Å²) in [6.45, 7) is 3.38. The molecule has 0 aliphatic rings. The molecule has 0 amide bonds. The Morgan fingerprint density at radius 3 is 2.64 bits per heavy atom. The molecule has 3 nitrogen and oxygen atoms in total. The van der Waals surface area contributed by atoms with Crippen molar-refractivity contribution in [3.63, 3.8) is 0 Å². The summed E-state index contributed by atoms with van der Waals surface area (Å²) in [6, 6.07) is 2.61. The van der Waals surface area contributed by atoms with Crippen LogP contribution in [0.1, 0.15) is 27.9 Å². The van der Waals surface area contributed by atoms with Crippen molar-refractivity contribution in [2.45, 2.75) is 20.0 Å². The van der Waals surface area contributed by atoms with Crippen LogP contribution in [-0.4, -0.2) is 17.6 Å². The molecule has 1 aromatic carbocycles. The molecule has 0 N–H and O–H groups in total. The van der Waals surface area contributed by atoms with Crippen LogP contribution in [0.15, 0.2) is 18.2 Å². The van der Waals surface area contributed by atoms with Crippen LogP contribution < -0.4 is 0 Å². The lowest BCUT2D eigenvalue weighted by Gasteiger charge is -2.08. The second-order valence-electron chi connectivity index (χ2n) is 4.35. The molecule has 0 unspecified atom stereocenters. The minimum absolute atomic E-state index is 0.0948. The maximum Gasteiger partial charge on any atom is 0.419 e. The molecule has 0 bridgehead atoms. The average Bonchev–Trinajstić information content (AvgIpc) is 2.80. The number of nitrogens with zero attached hydrogens (tertiary/aromatic N) is 1. The van der Waals surface area contributed by atoms with Crippen LogP contribution in [0.25, 0.3) is 10.6 Å². The first-order valence-corrected chi connectivity index (χ1v) is 7.07. The molecule has 1 aromatic heterocycles. The number of carbonyl (C=O) groups excluding carboxylic acids is 1. The molecule has 1 heterocycles. The predicted molar refractivity (Wildman–Crippen MR) is 73.2 cm³/mol. The Hall–Kier alpha value is -1.96. The van der Waals surface area contributed by atoms with E-state index in [1.165, 1.54) is 6.07 Å². The quantitative estimate of drug-likeness (QED) is 0.615. The third-order valence-electron chi connectivity index (χ3n) is 2.78. The molecular weight excluding hydrogens is 322 g/mol. The molecule has 0 radical (unpaired) electrons. The Bertz CT molecular complexity index is 709. The van der Waals surface area contributed by atoms with E-state index >= 15 is 0 Å². The van der Waals surface area contributed by atoms with Crippen molar-refractivity contribution >= 4 is 17.3 Å². The lowest BCUT2D eigenvalue weighted by molar-refractivity contribution is -0.139. The number of carbonyl (C=O) groups is 1. The largest absolute Gasteiger partial charge is 0.462 e. The van der Waals surface area contributed by atoms with Gasteiger partial charge in [0, 0.05) is 5.56 Å². The van der Waals surface area contributed by atoms with Gasteiger partial charge in [-0.15, -0.1) is 11.3 Å². The summed E-state index contributed by atoms with van der Waals surface area (Å²) < 4.78 is 56.3. The minimum atomic E-state index is -4.80. The van der Waals surface area contributed by atoms with Crippen molar-refractivity contribution in [2.75, 3.05) is 6.61 Å². The maximum atomic E-state index is 13.3. The van der Waals surface area contributed by atoms with Crippen LogP contribution in [0.4, 0.5) is 17.6 Å². The lowest BCUT2D eigenvalue weighted by atomic mass is 10.1. The number of ether oxygens (including phenoxy) is 1. The zero-order chi connectivity index (χ0) is 16.5. The van der Waals surface area contributed by atoms with Gasteiger partial charge in [0.1, 0.15) is 15.7 Å². The fourth-order valence-electron chi connectivity index (χ4n) is 1.78. The normalized spacial score (nSPS) is 11.5. The third kappa shape index (κ3) is 3.27. The summed E-state index contributed by atoms with van der Waals surface area (Å²) >= 11 is 0.910. The molecule has 8 heteroatoms. The molecule has 2 aromatic rings. The van der Waals surface area contributed by atoms with Crippen molar-refractivity contribution in [1.82, 2.24) is 4.98 Å². The van der Waals surface area contributed by atoms with Gasteiger partial charge >= 0.3 is 12.1 Å². The van der Waals surface area contributed by atoms with Crippen LogP contribution in [0, 0.1) is 12.7 Å². The molecular formula is C14H11F4NO2S. The van der Waals surface area contributed by atoms with Gasteiger partial charge in [-0.2, -0.15) is 13.2 Å². The highest BCUT2D eigenvalue weighted by molar-refractivity contribution is 7.17. The second-order valence-corrected chi connectivity index (χ2v) is 5.35. The van der Waals surface area contributed by atoms with Gasteiger partial charge in [0.05, 0.1) is 17.9 Å². The molecule has 0 fully saturated rings. The van der Waals surface area contributed by atoms with Crippen molar-refractivity contribution in [2.24, 2.45) is 0 Å². The zero-order valence-electron chi connectivity index (χ0n) is 11.6. The Kier molecular flexibility index (Phi) is 4.50. The fraction of sp³-hybridized carbons (Fsp3) is 0.286. The van der Waals surface area contributed by atoms with Crippen molar-refractivity contribution in [3.05, 3.63) is 40.2 Å². The van der Waals surface area contributed by atoms with E-state index in [4.69, 9.17) is 4.74 Å². The number of esters is 1. The van der Waals surface area contributed by atoms with Gasteiger partial charge in [-0.25, -0.2) is 14.2 Å². The summed E-state index contributed by atoms with van der Waals surface area (Å²) in [5.74, 6) is -1.93. The SMILES string of the molecule is CCOC(=O)c1sc(-c2ccc(F)c(C(F)(F)F)c2)nc1C. The number of hydrogen-bond donors (Lipinski definition) is 0. The van der Waals surface area contributed by atoms with E-state index in [-0.39, 0.29) is 22.1 Å². The fourth-order valence-corrected chi connectivity index (χ4v) is 2.74. The number of alkyl halides is 3. The number of hydrogen-bond acceptors (Lipinski definition) is 4. The zero-order valence-corrected chi connectivity index (χ0v) is 12.4. The van der Waals surface area contributed by atoms with E-state index in [2.05, 4.69) is 4.98 Å². The van der Waals surface area contributed by atoms with Gasteiger partial charge in [0.2, 0.25) is 0 Å². The van der Waals surface area contributed by atoms with Crippen LogP contribution in [-0.2, 0) is 10.9 Å². The Labute approximate surface area is 127 Å². The van der Waals surface area contributed by atoms with Crippen molar-refractivity contribution < 1.29 is 27.1 Å². The smallest absolute Gasteiger partial charge is 0.419 e. The molecule has 22 heavy (non-hydrogen) atoms. The number of aromatic nitrogens is 1. The number of aryl methyl sites for hydroxylation is 1. The lowest BCUT2D eigenvalue weighted by Crippen LogP contribution is -2.08. The van der Waals surface area contributed by atoms with Gasteiger partial charge < -0.3 is 4.74 Å². The first-order valence-electron chi connectivity index (χ1n) is 6.25. The van der Waals surface area contributed by atoms with E-state index in [1.807, 2.05) is 0 Å². The second kappa shape index (κ2) is 6.04. The predicted octanol–water partition coefficient (Wildman–Crippen LogP) is 4.45. The minimum Gasteiger partial charge on any atom is -0.462 e. The first-order chi connectivity index (χ1) is 10.2. The highest BCUT2D eigenvalue weighted by Gasteiger charge is 2.34. The molecule has 0 aliphatic carbocycles. The molecule has 0 saturated heterocycles. The van der Waals surface area contributed by atoms with Gasteiger partial charge in [-0.1, -0.05) is 0 Å². The summed E-state index contributed by atoms with van der Waals surface area (Å²) in [5, 5.41) is 0.200. The summed E-state index contributed by atoms with van der Waals surface area (Å²) in [5.41, 5.74) is -0.913. The Morgan fingerprint density at radius 1 is 1.36 bits per heavy atom. The van der Waals surface area contributed by atoms with Crippen LogP contribution in [0.3, 0.4) is 0 Å². The third-order valence-corrected chi connectivity index (χ3v) is 3.96. The molecule has 0 saturated carbocycles. The molecule has 118 valence electrons. The van der Waals surface area contributed by atoms with Gasteiger partial charge in [-0.3, -0.25) is 0 Å². The van der Waals surface area contributed by atoms with E-state index < -0.39 is 23.5 Å². The maximum absolute atomic E-state index is 13.3. The Morgan fingerprint density at radius 2 is 2.05 bits per heavy atom. The van der Waals surface area contributed by atoms with Crippen molar-refractivity contribution in [3.8, 4) is 10.6 Å². The van der Waals surface area contributed by atoms with Gasteiger partial charge in [0.25, 0.3) is 0 Å². The van der Waals surface area contributed by atoms with E-state index in [0.717, 1.165) is 17.4 Å². The molecule has 0 atom stereocenters. The highest BCUT2D eigenvalue weighted by atomic mass is 32.1. The van der Waals surface area contributed by atoms with Gasteiger partial charge in [-0.05, 0) is 32.0 Å². The standard InChI is InChI=1S/C14H11F4NO2S/c1-3-21-13(20)11-7(2)19-12(22-11)8-4-5-10(15)9(6-8)14(16,17)18/h4-6H,3H2,1-2H3.